The summed E-state index contributed by atoms with van der Waals surface area (Å²) in [6.07, 6.45) is 1.52. The minimum Gasteiger partial charge on any atom is -0.383 e. The molecule has 3 rings (SSSR count). The molecule has 0 spiro atoms. The van der Waals surface area contributed by atoms with Gasteiger partial charge >= 0.3 is 0 Å². The van der Waals surface area contributed by atoms with E-state index in [9.17, 15) is 8.78 Å². The summed E-state index contributed by atoms with van der Waals surface area (Å²) in [7, 11) is 1.68. The molecule has 0 amide bonds. The number of aryl methyl sites for hydroxylation is 1. The number of nitrogen functional groups attached to an aromatic ring is 1. The second-order valence-electron chi connectivity index (χ2n) is 3.91. The number of aromatic amines is 1. The standard InChI is InChI=1S/C11H9F2N5/c1-18-10(14)5(4-15-18)11-16-7-3-2-6(12)8(13)9(7)17-11/h2-4H,14H2,1H3,(H,16,17). The molecular formula is C11H9F2N5. The molecule has 0 saturated heterocycles. The first-order chi connectivity index (χ1) is 8.58. The zero-order chi connectivity index (χ0) is 12.9. The van der Waals surface area contributed by atoms with Crippen LogP contribution < -0.4 is 5.73 Å². The normalized spacial score (nSPS) is 11.3. The van der Waals surface area contributed by atoms with E-state index >= 15 is 0 Å². The molecule has 0 radical (unpaired) electrons. The molecule has 3 aromatic rings. The third-order valence-electron chi connectivity index (χ3n) is 2.79. The summed E-state index contributed by atoms with van der Waals surface area (Å²) in [5.41, 5.74) is 6.71. The molecule has 0 fully saturated rings. The van der Waals surface area contributed by atoms with Crippen LogP contribution in [0.4, 0.5) is 14.6 Å². The molecular weight excluding hydrogens is 240 g/mol. The molecule has 7 heteroatoms. The number of fused-ring (bicyclic) bond motifs is 1. The van der Waals surface area contributed by atoms with Crippen molar-refractivity contribution in [1.82, 2.24) is 19.7 Å². The number of aromatic nitrogens is 4. The van der Waals surface area contributed by atoms with Crippen LogP contribution in [-0.4, -0.2) is 19.7 Å². The summed E-state index contributed by atoms with van der Waals surface area (Å²) in [5, 5.41) is 3.97. The van der Waals surface area contributed by atoms with Crippen molar-refractivity contribution in [2.24, 2.45) is 7.05 Å². The Balaban J connectivity index is 2.26. The molecule has 92 valence electrons. The van der Waals surface area contributed by atoms with Crippen molar-refractivity contribution in [2.75, 3.05) is 5.73 Å². The highest BCUT2D eigenvalue weighted by molar-refractivity contribution is 5.82. The van der Waals surface area contributed by atoms with Crippen molar-refractivity contribution in [2.45, 2.75) is 0 Å². The van der Waals surface area contributed by atoms with E-state index in [2.05, 4.69) is 15.1 Å². The lowest BCUT2D eigenvalue weighted by molar-refractivity contribution is 0.515. The number of nitrogens with zero attached hydrogens (tertiary/aromatic N) is 3. The van der Waals surface area contributed by atoms with Gasteiger partial charge in [-0.3, -0.25) is 4.68 Å². The van der Waals surface area contributed by atoms with Crippen molar-refractivity contribution >= 4 is 16.9 Å². The van der Waals surface area contributed by atoms with Gasteiger partial charge < -0.3 is 10.7 Å². The first-order valence-electron chi connectivity index (χ1n) is 5.19. The van der Waals surface area contributed by atoms with Crippen LogP contribution in [0.25, 0.3) is 22.4 Å². The van der Waals surface area contributed by atoms with Gasteiger partial charge in [0.15, 0.2) is 11.6 Å². The topological polar surface area (TPSA) is 72.5 Å². The van der Waals surface area contributed by atoms with Crippen LogP contribution in [0.5, 0.6) is 0 Å². The summed E-state index contributed by atoms with van der Waals surface area (Å²) in [4.78, 5) is 6.90. The SMILES string of the molecule is Cn1ncc(-c2nc3c(F)c(F)ccc3[nH]2)c1N. The third kappa shape index (κ3) is 1.37. The summed E-state index contributed by atoms with van der Waals surface area (Å²) >= 11 is 0. The molecule has 0 atom stereocenters. The fourth-order valence-corrected chi connectivity index (χ4v) is 1.77. The van der Waals surface area contributed by atoms with Gasteiger partial charge in [-0.25, -0.2) is 13.8 Å². The minimum atomic E-state index is -0.975. The van der Waals surface area contributed by atoms with Gasteiger partial charge in [0.25, 0.3) is 0 Å². The highest BCUT2D eigenvalue weighted by atomic mass is 19.2. The van der Waals surface area contributed by atoms with Gasteiger partial charge in [0.1, 0.15) is 17.2 Å². The third-order valence-corrected chi connectivity index (χ3v) is 2.79. The zero-order valence-electron chi connectivity index (χ0n) is 9.41. The predicted molar refractivity (Wildman–Crippen MR) is 62.6 cm³/mol. The van der Waals surface area contributed by atoms with Crippen LogP contribution >= 0.6 is 0 Å². The molecule has 0 aliphatic carbocycles. The van der Waals surface area contributed by atoms with Crippen molar-refractivity contribution in [3.63, 3.8) is 0 Å². The van der Waals surface area contributed by atoms with Crippen molar-refractivity contribution in [1.29, 1.82) is 0 Å². The Morgan fingerprint density at radius 2 is 2.11 bits per heavy atom. The average molecular weight is 249 g/mol. The smallest absolute Gasteiger partial charge is 0.186 e. The van der Waals surface area contributed by atoms with Crippen molar-refractivity contribution in [3.05, 3.63) is 30.0 Å². The van der Waals surface area contributed by atoms with Gasteiger partial charge in [0, 0.05) is 7.05 Å². The zero-order valence-corrected chi connectivity index (χ0v) is 9.41. The summed E-state index contributed by atoms with van der Waals surface area (Å²) in [6.45, 7) is 0. The Labute approximate surface area is 100 Å². The number of halogens is 2. The molecule has 2 heterocycles. The molecule has 5 nitrogen and oxygen atoms in total. The van der Waals surface area contributed by atoms with Gasteiger partial charge in [-0.05, 0) is 12.1 Å². The van der Waals surface area contributed by atoms with E-state index in [-0.39, 0.29) is 5.52 Å². The van der Waals surface area contributed by atoms with Crippen LogP contribution in [0, 0.1) is 11.6 Å². The second-order valence-corrected chi connectivity index (χ2v) is 3.91. The Morgan fingerprint density at radius 1 is 1.33 bits per heavy atom. The largest absolute Gasteiger partial charge is 0.383 e. The number of anilines is 1. The maximum absolute atomic E-state index is 13.5. The number of benzene rings is 1. The Morgan fingerprint density at radius 3 is 2.78 bits per heavy atom. The predicted octanol–water partition coefficient (Wildman–Crippen LogP) is 1.82. The molecule has 18 heavy (non-hydrogen) atoms. The average Bonchev–Trinajstić information content (AvgIpc) is 2.90. The highest BCUT2D eigenvalue weighted by Crippen LogP contribution is 2.26. The Bertz CT molecular complexity index is 743. The molecule has 0 aliphatic heterocycles. The number of nitrogens with two attached hydrogens (primary N) is 1. The van der Waals surface area contributed by atoms with Crippen LogP contribution in [0.1, 0.15) is 0 Å². The number of H-pyrrole nitrogens is 1. The number of nitrogens with one attached hydrogen (secondary N) is 1. The lowest BCUT2D eigenvalue weighted by Gasteiger charge is -1.95. The summed E-state index contributed by atoms with van der Waals surface area (Å²) < 4.78 is 28.1. The van der Waals surface area contributed by atoms with Crippen molar-refractivity contribution in [3.8, 4) is 11.4 Å². The van der Waals surface area contributed by atoms with Gasteiger partial charge in [-0.2, -0.15) is 5.10 Å². The van der Waals surface area contributed by atoms with E-state index in [1.54, 1.807) is 7.05 Å². The molecule has 0 aliphatic rings. The Kier molecular flexibility index (Phi) is 2.09. The van der Waals surface area contributed by atoms with Crippen LogP contribution in [0.2, 0.25) is 0 Å². The first-order valence-corrected chi connectivity index (χ1v) is 5.19. The first kappa shape index (κ1) is 10.7. The fraction of sp³-hybridized carbons (Fsp3) is 0.0909. The molecule has 0 saturated carbocycles. The van der Waals surface area contributed by atoms with E-state index in [0.717, 1.165) is 6.07 Å². The summed E-state index contributed by atoms with van der Waals surface area (Å²) in [6, 6.07) is 2.48. The van der Waals surface area contributed by atoms with Gasteiger partial charge in [0.05, 0.1) is 17.3 Å². The van der Waals surface area contributed by atoms with Crippen LogP contribution in [0.3, 0.4) is 0 Å². The van der Waals surface area contributed by atoms with Crippen molar-refractivity contribution < 1.29 is 8.78 Å². The molecule has 0 bridgehead atoms. The van der Waals surface area contributed by atoms with Crippen LogP contribution in [0.15, 0.2) is 18.3 Å². The molecule has 2 aromatic heterocycles. The van der Waals surface area contributed by atoms with Gasteiger partial charge in [-0.15, -0.1) is 0 Å². The van der Waals surface area contributed by atoms with E-state index in [1.165, 1.54) is 16.9 Å². The maximum Gasteiger partial charge on any atom is 0.186 e. The van der Waals surface area contributed by atoms with Gasteiger partial charge in [-0.1, -0.05) is 0 Å². The van der Waals surface area contributed by atoms with Crippen LogP contribution in [-0.2, 0) is 7.05 Å². The van der Waals surface area contributed by atoms with E-state index in [0.29, 0.717) is 22.7 Å². The maximum atomic E-state index is 13.5. The fourth-order valence-electron chi connectivity index (χ4n) is 1.77. The molecule has 3 N–H and O–H groups in total. The second kappa shape index (κ2) is 3.52. The van der Waals surface area contributed by atoms with E-state index < -0.39 is 11.6 Å². The molecule has 0 unspecified atom stereocenters. The molecule has 1 aromatic carbocycles. The lowest BCUT2D eigenvalue weighted by atomic mass is 10.3. The minimum absolute atomic E-state index is 0.0479. The van der Waals surface area contributed by atoms with Gasteiger partial charge in [0.2, 0.25) is 0 Å². The summed E-state index contributed by atoms with van der Waals surface area (Å²) in [5.74, 6) is -1.15. The van der Waals surface area contributed by atoms with E-state index in [4.69, 9.17) is 5.73 Å². The highest BCUT2D eigenvalue weighted by Gasteiger charge is 2.15. The Hall–Kier alpha value is -2.44. The number of hydrogen-bond acceptors (Lipinski definition) is 3. The lowest BCUT2D eigenvalue weighted by Crippen LogP contribution is -1.98. The van der Waals surface area contributed by atoms with E-state index in [1.807, 2.05) is 0 Å². The number of hydrogen-bond donors (Lipinski definition) is 2. The number of imidazole rings is 1. The quantitative estimate of drug-likeness (QED) is 0.691. The monoisotopic (exact) mass is 249 g/mol. The number of rotatable bonds is 1.